The molecule has 1 aromatic carbocycles. The molecule has 2 atom stereocenters. The Morgan fingerprint density at radius 2 is 1.88 bits per heavy atom. The Labute approximate surface area is 163 Å². The van der Waals surface area contributed by atoms with E-state index >= 15 is 0 Å². The van der Waals surface area contributed by atoms with Crippen LogP contribution in [0.1, 0.15) is 34.7 Å². The highest BCUT2D eigenvalue weighted by Crippen LogP contribution is 2.42. The molecule has 0 bridgehead atoms. The van der Waals surface area contributed by atoms with Crippen LogP contribution in [0.4, 0.5) is 5.69 Å². The molecule has 4 rings (SSSR count). The molecule has 0 amide bonds. The number of halogens is 1. The van der Waals surface area contributed by atoms with Crippen molar-refractivity contribution in [3.63, 3.8) is 0 Å². The summed E-state index contributed by atoms with van der Waals surface area (Å²) in [4.78, 5) is 10.1. The maximum Gasteiger partial charge on any atom is 0.174 e. The lowest BCUT2D eigenvalue weighted by Gasteiger charge is -2.28. The summed E-state index contributed by atoms with van der Waals surface area (Å²) >= 11 is 11.8. The summed E-state index contributed by atoms with van der Waals surface area (Å²) in [6.07, 6.45) is 1.82. The molecule has 0 radical (unpaired) electrons. The van der Waals surface area contributed by atoms with Gasteiger partial charge in [-0.3, -0.25) is 4.98 Å². The molecular formula is C20H19ClN4S. The van der Waals surface area contributed by atoms with Crippen molar-refractivity contribution in [1.82, 2.24) is 15.3 Å². The van der Waals surface area contributed by atoms with Gasteiger partial charge in [0.1, 0.15) is 0 Å². The molecule has 2 N–H and O–H groups in total. The van der Waals surface area contributed by atoms with Crippen LogP contribution >= 0.6 is 23.8 Å². The van der Waals surface area contributed by atoms with E-state index in [4.69, 9.17) is 23.8 Å². The summed E-state index contributed by atoms with van der Waals surface area (Å²) in [6.45, 7) is 4.17. The van der Waals surface area contributed by atoms with Gasteiger partial charge in [0.05, 0.1) is 17.8 Å². The molecule has 2 aromatic heterocycles. The number of aromatic amines is 1. The van der Waals surface area contributed by atoms with Crippen molar-refractivity contribution in [1.29, 1.82) is 0 Å². The fourth-order valence-electron chi connectivity index (χ4n) is 3.60. The van der Waals surface area contributed by atoms with E-state index in [1.165, 1.54) is 5.56 Å². The first-order valence-corrected chi connectivity index (χ1v) is 9.25. The monoisotopic (exact) mass is 382 g/mol. The van der Waals surface area contributed by atoms with Gasteiger partial charge < -0.3 is 15.2 Å². The summed E-state index contributed by atoms with van der Waals surface area (Å²) in [6, 6.07) is 15.9. The number of nitrogens with one attached hydrogen (secondary N) is 2. The zero-order valence-corrected chi connectivity index (χ0v) is 16.1. The molecule has 132 valence electrons. The number of hydrogen-bond acceptors (Lipinski definition) is 2. The normalized spacial score (nSPS) is 19.7. The number of aryl methyl sites for hydroxylation is 2. The van der Waals surface area contributed by atoms with E-state index in [-0.39, 0.29) is 12.1 Å². The van der Waals surface area contributed by atoms with Crippen molar-refractivity contribution in [3.05, 3.63) is 82.4 Å². The minimum absolute atomic E-state index is 0.00326. The highest BCUT2D eigenvalue weighted by atomic mass is 35.5. The Kier molecular flexibility index (Phi) is 4.42. The predicted molar refractivity (Wildman–Crippen MR) is 110 cm³/mol. The molecule has 1 saturated heterocycles. The fourth-order valence-corrected chi connectivity index (χ4v) is 4.08. The van der Waals surface area contributed by atoms with Gasteiger partial charge in [-0.25, -0.2) is 0 Å². The van der Waals surface area contributed by atoms with Crippen LogP contribution in [-0.2, 0) is 0 Å². The third-order valence-corrected chi connectivity index (χ3v) is 5.28. The topological polar surface area (TPSA) is 44.0 Å². The molecule has 0 aliphatic carbocycles. The number of nitrogens with zero attached hydrogens (tertiary/aromatic N) is 2. The molecule has 1 aliphatic heterocycles. The Morgan fingerprint density at radius 3 is 2.50 bits per heavy atom. The lowest BCUT2D eigenvalue weighted by Crippen LogP contribution is -2.29. The van der Waals surface area contributed by atoms with Crippen LogP contribution in [0, 0.1) is 13.8 Å². The molecule has 26 heavy (non-hydrogen) atoms. The number of aromatic nitrogens is 2. The lowest BCUT2D eigenvalue weighted by molar-refractivity contribution is 0.566. The van der Waals surface area contributed by atoms with E-state index in [0.717, 1.165) is 22.8 Å². The predicted octanol–water partition coefficient (Wildman–Crippen LogP) is 4.86. The Bertz CT molecular complexity index is 936. The first-order chi connectivity index (χ1) is 12.5. The third-order valence-electron chi connectivity index (χ3n) is 4.71. The van der Waals surface area contributed by atoms with Gasteiger partial charge in [0.2, 0.25) is 0 Å². The lowest BCUT2D eigenvalue weighted by atomic mass is 9.96. The molecule has 0 unspecified atom stereocenters. The molecule has 6 heteroatoms. The number of anilines is 1. The molecule has 0 saturated carbocycles. The highest BCUT2D eigenvalue weighted by Gasteiger charge is 2.41. The summed E-state index contributed by atoms with van der Waals surface area (Å²) < 4.78 is 0. The molecule has 3 heterocycles. The van der Waals surface area contributed by atoms with Crippen molar-refractivity contribution in [2.45, 2.75) is 25.9 Å². The second-order valence-corrected chi connectivity index (χ2v) is 7.33. The maximum atomic E-state index is 6.08. The van der Waals surface area contributed by atoms with Crippen molar-refractivity contribution < 1.29 is 0 Å². The van der Waals surface area contributed by atoms with E-state index in [0.29, 0.717) is 10.1 Å². The van der Waals surface area contributed by atoms with Gasteiger partial charge in [-0.15, -0.1) is 0 Å². The third kappa shape index (κ3) is 2.97. The van der Waals surface area contributed by atoms with E-state index in [1.54, 1.807) is 0 Å². The number of thiocarbonyl (C=S) groups is 1. The van der Waals surface area contributed by atoms with Crippen LogP contribution in [0.2, 0.25) is 5.02 Å². The van der Waals surface area contributed by atoms with E-state index in [2.05, 4.69) is 40.1 Å². The van der Waals surface area contributed by atoms with Crippen LogP contribution in [0.3, 0.4) is 0 Å². The Balaban J connectivity index is 1.85. The summed E-state index contributed by atoms with van der Waals surface area (Å²) in [5.41, 5.74) is 5.45. The van der Waals surface area contributed by atoms with Crippen molar-refractivity contribution in [2.24, 2.45) is 0 Å². The molecule has 3 aromatic rings. The quantitative estimate of drug-likeness (QED) is 0.635. The average Bonchev–Trinajstić information content (AvgIpc) is 3.15. The van der Waals surface area contributed by atoms with Crippen molar-refractivity contribution in [3.8, 4) is 0 Å². The van der Waals surface area contributed by atoms with Gasteiger partial charge in [-0.2, -0.15) is 0 Å². The minimum Gasteiger partial charge on any atom is -0.362 e. The SMILES string of the molecule is Cc1cc([C@@H]2[C@@H](c3ccccn3)NC(=S)N2c2ccc(Cl)cc2)c(C)[nH]1. The largest absolute Gasteiger partial charge is 0.362 e. The second kappa shape index (κ2) is 6.74. The first-order valence-electron chi connectivity index (χ1n) is 8.47. The van der Waals surface area contributed by atoms with Crippen LogP contribution in [-0.4, -0.2) is 15.1 Å². The molecule has 0 spiro atoms. The number of pyridine rings is 1. The van der Waals surface area contributed by atoms with Crippen LogP contribution in [0.25, 0.3) is 0 Å². The number of rotatable bonds is 3. The van der Waals surface area contributed by atoms with Gasteiger partial charge in [0.15, 0.2) is 5.11 Å². The minimum atomic E-state index is -0.0340. The van der Waals surface area contributed by atoms with Crippen LogP contribution in [0.15, 0.2) is 54.7 Å². The standard InChI is InChI=1S/C20H19ClN4S/c1-12-11-16(13(2)23-12)19-18(17-5-3-4-10-22-17)24-20(26)25(19)15-8-6-14(21)7-9-15/h3-11,18-19,23H,1-2H3,(H,24,26)/t18-,19-/m1/s1. The van der Waals surface area contributed by atoms with Crippen molar-refractivity contribution >= 4 is 34.6 Å². The van der Waals surface area contributed by atoms with Gasteiger partial charge in [0.25, 0.3) is 0 Å². The molecular weight excluding hydrogens is 364 g/mol. The van der Waals surface area contributed by atoms with Crippen molar-refractivity contribution in [2.75, 3.05) is 4.90 Å². The van der Waals surface area contributed by atoms with Crippen LogP contribution in [0.5, 0.6) is 0 Å². The second-order valence-electron chi connectivity index (χ2n) is 6.51. The van der Waals surface area contributed by atoms with E-state index < -0.39 is 0 Å². The van der Waals surface area contributed by atoms with Crippen LogP contribution < -0.4 is 10.2 Å². The zero-order chi connectivity index (χ0) is 18.3. The molecule has 1 fully saturated rings. The fraction of sp³-hybridized carbons (Fsp3) is 0.200. The molecule has 1 aliphatic rings. The maximum absolute atomic E-state index is 6.08. The zero-order valence-electron chi connectivity index (χ0n) is 14.5. The average molecular weight is 383 g/mol. The Hall–Kier alpha value is -2.37. The summed E-state index contributed by atoms with van der Waals surface area (Å²) in [7, 11) is 0. The summed E-state index contributed by atoms with van der Waals surface area (Å²) in [5.74, 6) is 0. The first kappa shape index (κ1) is 17.1. The van der Waals surface area contributed by atoms with Gasteiger partial charge in [0, 0.05) is 28.3 Å². The molecule has 4 nitrogen and oxygen atoms in total. The number of benzene rings is 1. The van der Waals surface area contributed by atoms with Gasteiger partial charge in [-0.05, 0) is 74.1 Å². The number of H-pyrrole nitrogens is 1. The van der Waals surface area contributed by atoms with E-state index in [9.17, 15) is 0 Å². The van der Waals surface area contributed by atoms with Gasteiger partial charge >= 0.3 is 0 Å². The summed E-state index contributed by atoms with van der Waals surface area (Å²) in [5, 5.41) is 4.86. The number of hydrogen-bond donors (Lipinski definition) is 2. The smallest absolute Gasteiger partial charge is 0.174 e. The van der Waals surface area contributed by atoms with Gasteiger partial charge in [-0.1, -0.05) is 17.7 Å². The van der Waals surface area contributed by atoms with E-state index in [1.807, 2.05) is 48.7 Å². The Morgan fingerprint density at radius 1 is 1.12 bits per heavy atom. The highest BCUT2D eigenvalue weighted by molar-refractivity contribution is 7.80.